The van der Waals surface area contributed by atoms with Gasteiger partial charge in [-0.15, -0.1) is 0 Å². The fraction of sp³-hybridized carbons (Fsp3) is 0.462. The van der Waals surface area contributed by atoms with Crippen LogP contribution >= 0.6 is 0 Å². The Morgan fingerprint density at radius 1 is 1.33 bits per heavy atom. The van der Waals surface area contributed by atoms with E-state index in [-0.39, 0.29) is 5.52 Å². The van der Waals surface area contributed by atoms with E-state index in [1.165, 1.54) is 6.07 Å². The Labute approximate surface area is 104 Å². The van der Waals surface area contributed by atoms with Crippen molar-refractivity contribution >= 4 is 11.0 Å². The Balaban J connectivity index is 2.13. The molecule has 1 aromatic heterocycles. The molecule has 0 aliphatic carbocycles. The SMILES string of the molecule is CC(CCN)CCc1nc2c(F)cc(F)cc2[nH]1. The van der Waals surface area contributed by atoms with Crippen LogP contribution in [0.3, 0.4) is 0 Å². The smallest absolute Gasteiger partial charge is 0.153 e. The lowest BCUT2D eigenvalue weighted by Crippen LogP contribution is -2.06. The van der Waals surface area contributed by atoms with Gasteiger partial charge in [0.25, 0.3) is 0 Å². The van der Waals surface area contributed by atoms with Crippen LogP contribution in [0, 0.1) is 17.6 Å². The number of benzene rings is 1. The van der Waals surface area contributed by atoms with E-state index in [4.69, 9.17) is 5.73 Å². The second-order valence-electron chi connectivity index (χ2n) is 4.69. The molecule has 5 heteroatoms. The molecule has 18 heavy (non-hydrogen) atoms. The van der Waals surface area contributed by atoms with Crippen molar-refractivity contribution in [3.8, 4) is 0 Å². The van der Waals surface area contributed by atoms with Gasteiger partial charge in [0.2, 0.25) is 0 Å². The molecule has 1 atom stereocenters. The van der Waals surface area contributed by atoms with E-state index in [1.807, 2.05) is 0 Å². The highest BCUT2D eigenvalue weighted by Crippen LogP contribution is 2.19. The van der Waals surface area contributed by atoms with Gasteiger partial charge in [-0.3, -0.25) is 0 Å². The number of aromatic amines is 1. The number of nitrogens with zero attached hydrogens (tertiary/aromatic N) is 1. The van der Waals surface area contributed by atoms with E-state index in [9.17, 15) is 8.78 Å². The minimum absolute atomic E-state index is 0.206. The number of hydrogen-bond acceptors (Lipinski definition) is 2. The van der Waals surface area contributed by atoms with Crippen LogP contribution in [0.1, 0.15) is 25.6 Å². The van der Waals surface area contributed by atoms with Crippen molar-refractivity contribution < 1.29 is 8.78 Å². The summed E-state index contributed by atoms with van der Waals surface area (Å²) in [6, 6.07) is 2.11. The van der Waals surface area contributed by atoms with E-state index in [2.05, 4.69) is 16.9 Å². The van der Waals surface area contributed by atoms with Gasteiger partial charge in [-0.2, -0.15) is 0 Å². The summed E-state index contributed by atoms with van der Waals surface area (Å²) in [5.74, 6) is -0.0163. The molecule has 1 heterocycles. The molecule has 0 aliphatic heterocycles. The normalized spacial score (nSPS) is 13.1. The lowest BCUT2D eigenvalue weighted by molar-refractivity contribution is 0.494. The second kappa shape index (κ2) is 5.44. The number of H-pyrrole nitrogens is 1. The van der Waals surface area contributed by atoms with Crippen molar-refractivity contribution in [1.82, 2.24) is 9.97 Å². The third-order valence-electron chi connectivity index (χ3n) is 3.09. The van der Waals surface area contributed by atoms with Gasteiger partial charge in [-0.1, -0.05) is 6.92 Å². The molecule has 0 fully saturated rings. The zero-order chi connectivity index (χ0) is 13.1. The summed E-state index contributed by atoms with van der Waals surface area (Å²) >= 11 is 0. The highest BCUT2D eigenvalue weighted by molar-refractivity contribution is 5.75. The monoisotopic (exact) mass is 253 g/mol. The fourth-order valence-corrected chi connectivity index (χ4v) is 2.02. The molecule has 0 saturated carbocycles. The molecule has 1 aromatic carbocycles. The van der Waals surface area contributed by atoms with Crippen molar-refractivity contribution in [1.29, 1.82) is 0 Å². The van der Waals surface area contributed by atoms with Crippen molar-refractivity contribution in [2.75, 3.05) is 6.54 Å². The first-order chi connectivity index (χ1) is 8.60. The van der Waals surface area contributed by atoms with Gasteiger partial charge in [0.05, 0.1) is 5.52 Å². The third kappa shape index (κ3) is 2.85. The Bertz CT molecular complexity index is 536. The van der Waals surface area contributed by atoms with Crippen LogP contribution in [-0.4, -0.2) is 16.5 Å². The molecule has 0 amide bonds. The number of aromatic nitrogens is 2. The van der Waals surface area contributed by atoms with Crippen molar-refractivity contribution in [2.24, 2.45) is 11.7 Å². The first-order valence-corrected chi connectivity index (χ1v) is 6.14. The lowest BCUT2D eigenvalue weighted by atomic mass is 10.0. The van der Waals surface area contributed by atoms with Crippen molar-refractivity contribution in [3.05, 3.63) is 29.6 Å². The van der Waals surface area contributed by atoms with E-state index in [0.29, 0.717) is 23.8 Å². The zero-order valence-corrected chi connectivity index (χ0v) is 10.3. The van der Waals surface area contributed by atoms with Crippen LogP contribution in [0.15, 0.2) is 12.1 Å². The van der Waals surface area contributed by atoms with Crippen LogP contribution in [0.25, 0.3) is 11.0 Å². The topological polar surface area (TPSA) is 54.7 Å². The summed E-state index contributed by atoms with van der Waals surface area (Å²) in [5, 5.41) is 0. The van der Waals surface area contributed by atoms with Gasteiger partial charge in [0, 0.05) is 12.5 Å². The molecule has 0 bridgehead atoms. The van der Waals surface area contributed by atoms with E-state index >= 15 is 0 Å². The number of hydrogen-bond donors (Lipinski definition) is 2. The Hall–Kier alpha value is -1.49. The zero-order valence-electron chi connectivity index (χ0n) is 10.3. The Kier molecular flexibility index (Phi) is 3.91. The summed E-state index contributed by atoms with van der Waals surface area (Å²) in [7, 11) is 0. The minimum Gasteiger partial charge on any atom is -0.342 e. The number of fused-ring (bicyclic) bond motifs is 1. The molecule has 0 aliphatic rings. The van der Waals surface area contributed by atoms with Gasteiger partial charge >= 0.3 is 0 Å². The predicted octanol–water partition coefficient (Wildman–Crippen LogP) is 2.76. The van der Waals surface area contributed by atoms with E-state index in [0.717, 1.165) is 25.3 Å². The first-order valence-electron chi connectivity index (χ1n) is 6.14. The molecule has 2 aromatic rings. The Morgan fingerprint density at radius 2 is 2.11 bits per heavy atom. The minimum atomic E-state index is -0.623. The van der Waals surface area contributed by atoms with Crippen LogP contribution in [0.5, 0.6) is 0 Å². The van der Waals surface area contributed by atoms with Gasteiger partial charge in [-0.05, 0) is 31.4 Å². The molecule has 98 valence electrons. The van der Waals surface area contributed by atoms with Gasteiger partial charge < -0.3 is 10.7 Å². The molecule has 0 radical (unpaired) electrons. The molecule has 2 rings (SSSR count). The van der Waals surface area contributed by atoms with Crippen molar-refractivity contribution in [2.45, 2.75) is 26.2 Å². The molecular weight excluding hydrogens is 236 g/mol. The maximum Gasteiger partial charge on any atom is 0.153 e. The Morgan fingerprint density at radius 3 is 2.83 bits per heavy atom. The summed E-state index contributed by atoms with van der Waals surface area (Å²) in [4.78, 5) is 7.11. The highest BCUT2D eigenvalue weighted by atomic mass is 19.1. The van der Waals surface area contributed by atoms with Gasteiger partial charge in [0.1, 0.15) is 17.2 Å². The van der Waals surface area contributed by atoms with E-state index in [1.54, 1.807) is 0 Å². The maximum atomic E-state index is 13.4. The number of nitrogens with two attached hydrogens (primary N) is 1. The number of rotatable bonds is 5. The molecule has 1 unspecified atom stereocenters. The molecule has 0 saturated heterocycles. The summed E-state index contributed by atoms with van der Waals surface area (Å²) in [6.45, 7) is 2.79. The first kappa shape index (κ1) is 13.0. The van der Waals surface area contributed by atoms with Crippen LogP contribution in [-0.2, 0) is 6.42 Å². The molecule has 0 spiro atoms. The van der Waals surface area contributed by atoms with Gasteiger partial charge in [0.15, 0.2) is 5.82 Å². The second-order valence-corrected chi connectivity index (χ2v) is 4.69. The fourth-order valence-electron chi connectivity index (χ4n) is 2.02. The summed E-state index contributed by atoms with van der Waals surface area (Å²) < 4.78 is 26.5. The highest BCUT2D eigenvalue weighted by Gasteiger charge is 2.10. The number of nitrogens with one attached hydrogen (secondary N) is 1. The van der Waals surface area contributed by atoms with Gasteiger partial charge in [-0.25, -0.2) is 13.8 Å². The molecule has 3 N–H and O–H groups in total. The van der Waals surface area contributed by atoms with Crippen LogP contribution in [0.4, 0.5) is 8.78 Å². The predicted molar refractivity (Wildman–Crippen MR) is 67.2 cm³/mol. The van der Waals surface area contributed by atoms with Crippen molar-refractivity contribution in [3.63, 3.8) is 0 Å². The average molecular weight is 253 g/mol. The number of aryl methyl sites for hydroxylation is 1. The number of halogens is 2. The lowest BCUT2D eigenvalue weighted by Gasteiger charge is -2.07. The quantitative estimate of drug-likeness (QED) is 0.860. The van der Waals surface area contributed by atoms with Crippen LogP contribution < -0.4 is 5.73 Å². The maximum absolute atomic E-state index is 13.4. The molecular formula is C13H17F2N3. The average Bonchev–Trinajstić information content (AvgIpc) is 2.70. The van der Waals surface area contributed by atoms with E-state index < -0.39 is 11.6 Å². The standard InChI is InChI=1S/C13H17F2N3/c1-8(4-5-16)2-3-12-17-11-7-9(14)6-10(15)13(11)18-12/h6-8H,2-5,16H2,1H3,(H,17,18). The summed E-state index contributed by atoms with van der Waals surface area (Å²) in [5.41, 5.74) is 6.10. The third-order valence-corrected chi connectivity index (χ3v) is 3.09. The molecule has 3 nitrogen and oxygen atoms in total. The summed E-state index contributed by atoms with van der Waals surface area (Å²) in [6.07, 6.45) is 2.61. The van der Waals surface area contributed by atoms with Crippen LogP contribution in [0.2, 0.25) is 0 Å². The number of imidazole rings is 1. The largest absolute Gasteiger partial charge is 0.342 e.